The number of rotatable bonds is 4. The molecule has 1 aliphatic rings. The largest absolute Gasteiger partial charge is 0.496 e. The zero-order valence-electron chi connectivity index (χ0n) is 21.1. The normalized spacial score (nSPS) is 17.1. The molecule has 0 N–H and O–H groups in total. The summed E-state index contributed by atoms with van der Waals surface area (Å²) in [4.78, 5) is 17.1. The lowest BCUT2D eigenvalue weighted by Crippen LogP contribution is -2.41. The van der Waals surface area contributed by atoms with Crippen LogP contribution in [0, 0.1) is 6.92 Å². The van der Waals surface area contributed by atoms with Crippen LogP contribution < -0.4 is 11.0 Å². The highest BCUT2D eigenvalue weighted by atomic mass is 32.2. The number of pyridine rings is 2. The Morgan fingerprint density at radius 2 is 1.58 bits per heavy atom. The lowest BCUT2D eigenvalue weighted by molar-refractivity contribution is 0.00578. The van der Waals surface area contributed by atoms with Crippen LogP contribution in [0.4, 0.5) is 0 Å². The van der Waals surface area contributed by atoms with Crippen LogP contribution in [0.15, 0.2) is 70.6 Å². The highest BCUT2D eigenvalue weighted by Gasteiger charge is 2.52. The van der Waals surface area contributed by atoms with Gasteiger partial charge in [-0.3, -0.25) is 4.79 Å². The number of benzene rings is 1. The molecule has 0 radical (unpaired) electrons. The predicted molar refractivity (Wildman–Crippen MR) is 140 cm³/mol. The van der Waals surface area contributed by atoms with Crippen LogP contribution in [0.5, 0.6) is 0 Å². The van der Waals surface area contributed by atoms with Crippen LogP contribution in [0.2, 0.25) is 0 Å². The van der Waals surface area contributed by atoms with E-state index in [2.05, 4.69) is 4.98 Å². The van der Waals surface area contributed by atoms with E-state index in [-0.39, 0.29) is 16.1 Å². The van der Waals surface area contributed by atoms with Gasteiger partial charge >= 0.3 is 7.12 Å². The fraction of sp³-hybridized carbons (Fsp3) is 0.308. The minimum Gasteiger partial charge on any atom is -0.399 e. The van der Waals surface area contributed by atoms with E-state index < -0.39 is 28.3 Å². The summed E-state index contributed by atoms with van der Waals surface area (Å²) in [5, 5.41) is 0.591. The molecule has 0 saturated carbocycles. The first kappa shape index (κ1) is 24.5. The molecule has 0 aliphatic carbocycles. The summed E-state index contributed by atoms with van der Waals surface area (Å²) >= 11 is 0. The van der Waals surface area contributed by atoms with E-state index in [1.807, 2.05) is 40.7 Å². The van der Waals surface area contributed by atoms with Gasteiger partial charge in [0.15, 0.2) is 5.65 Å². The summed E-state index contributed by atoms with van der Waals surface area (Å²) < 4.78 is 42.7. The molecule has 0 unspecified atom stereocenters. The van der Waals surface area contributed by atoms with Crippen LogP contribution in [0.1, 0.15) is 33.3 Å². The molecule has 0 amide bonds. The minimum atomic E-state index is -4.03. The van der Waals surface area contributed by atoms with Crippen molar-refractivity contribution in [3.8, 4) is 11.3 Å². The van der Waals surface area contributed by atoms with Crippen molar-refractivity contribution >= 4 is 33.6 Å². The second kappa shape index (κ2) is 8.16. The topological polar surface area (TPSA) is 92.4 Å². The molecular weight excluding hydrogens is 477 g/mol. The van der Waals surface area contributed by atoms with Crippen LogP contribution in [-0.4, -0.2) is 40.3 Å². The molecule has 4 heterocycles. The van der Waals surface area contributed by atoms with Crippen LogP contribution in [0.25, 0.3) is 22.3 Å². The molecule has 36 heavy (non-hydrogen) atoms. The van der Waals surface area contributed by atoms with Gasteiger partial charge in [0.1, 0.15) is 0 Å². The SMILES string of the molecule is Cc1ccc(S(=O)(=O)n2c(-c3ccn(C)c(=O)c3)cc3cc(B4OC(C)(C)C(C)(C)O4)cnc32)cc1. The summed E-state index contributed by atoms with van der Waals surface area (Å²) in [6.07, 6.45) is 3.20. The standard InChI is InChI=1S/C26H28BN3O5S/c1-17-7-9-21(10-8-17)36(32,33)30-22(18-11-12-29(6)23(31)15-18)14-19-13-20(16-28-24(19)30)27-34-25(2,3)26(4,5)35-27/h7-16H,1-6H3. The Hall–Kier alpha value is -3.21. The van der Waals surface area contributed by atoms with E-state index in [1.54, 1.807) is 55.8 Å². The number of fused-ring (bicyclic) bond motifs is 1. The maximum atomic E-state index is 13.9. The molecule has 8 nitrogen and oxygen atoms in total. The molecular formula is C26H28BN3O5S. The van der Waals surface area contributed by atoms with Gasteiger partial charge in [-0.25, -0.2) is 17.4 Å². The Labute approximate surface area is 210 Å². The monoisotopic (exact) mass is 505 g/mol. The van der Waals surface area contributed by atoms with Crippen molar-refractivity contribution < 1.29 is 17.7 Å². The van der Waals surface area contributed by atoms with E-state index in [0.29, 0.717) is 22.1 Å². The van der Waals surface area contributed by atoms with Gasteiger partial charge < -0.3 is 13.9 Å². The van der Waals surface area contributed by atoms with Crippen molar-refractivity contribution in [2.45, 2.75) is 50.7 Å². The summed E-state index contributed by atoms with van der Waals surface area (Å²) in [6, 6.07) is 13.3. The van der Waals surface area contributed by atoms with Crippen molar-refractivity contribution in [2.75, 3.05) is 0 Å². The van der Waals surface area contributed by atoms with Crippen LogP contribution >= 0.6 is 0 Å². The highest BCUT2D eigenvalue weighted by Crippen LogP contribution is 2.37. The van der Waals surface area contributed by atoms with Crippen molar-refractivity contribution in [1.29, 1.82) is 0 Å². The Morgan fingerprint density at radius 1 is 0.944 bits per heavy atom. The first-order valence-electron chi connectivity index (χ1n) is 11.7. The van der Waals surface area contributed by atoms with E-state index in [9.17, 15) is 13.2 Å². The first-order valence-corrected chi connectivity index (χ1v) is 13.1. The predicted octanol–water partition coefficient (Wildman–Crippen LogP) is 3.25. The van der Waals surface area contributed by atoms with Crippen LogP contribution in [0.3, 0.4) is 0 Å². The fourth-order valence-corrected chi connectivity index (χ4v) is 5.65. The molecule has 1 aromatic carbocycles. The third kappa shape index (κ3) is 3.89. The Bertz CT molecular complexity index is 1640. The Kier molecular flexibility index (Phi) is 5.55. The van der Waals surface area contributed by atoms with Gasteiger partial charge in [0.25, 0.3) is 15.6 Å². The van der Waals surface area contributed by atoms with Gasteiger partial charge in [-0.05, 0) is 65.0 Å². The molecule has 10 heteroatoms. The van der Waals surface area contributed by atoms with Gasteiger partial charge in [0, 0.05) is 41.9 Å². The zero-order valence-corrected chi connectivity index (χ0v) is 22.0. The number of hydrogen-bond acceptors (Lipinski definition) is 6. The second-order valence-electron chi connectivity index (χ2n) is 10.2. The van der Waals surface area contributed by atoms with E-state index in [0.717, 1.165) is 5.56 Å². The van der Waals surface area contributed by atoms with Gasteiger partial charge in [-0.2, -0.15) is 0 Å². The van der Waals surface area contributed by atoms with E-state index in [4.69, 9.17) is 9.31 Å². The molecule has 0 atom stereocenters. The zero-order chi connectivity index (χ0) is 26.0. The maximum absolute atomic E-state index is 13.9. The number of aryl methyl sites for hydroxylation is 2. The minimum absolute atomic E-state index is 0.132. The van der Waals surface area contributed by atoms with Gasteiger partial charge in [0.2, 0.25) is 0 Å². The van der Waals surface area contributed by atoms with Crippen molar-refractivity contribution in [2.24, 2.45) is 7.05 Å². The molecule has 1 aliphatic heterocycles. The molecule has 0 bridgehead atoms. The average molecular weight is 505 g/mol. The number of nitrogens with zero attached hydrogens (tertiary/aromatic N) is 3. The second-order valence-corrected chi connectivity index (χ2v) is 12.0. The van der Waals surface area contributed by atoms with Crippen molar-refractivity contribution in [3.05, 3.63) is 76.8 Å². The lowest BCUT2D eigenvalue weighted by atomic mass is 9.80. The van der Waals surface area contributed by atoms with Crippen LogP contribution in [-0.2, 0) is 26.4 Å². The lowest BCUT2D eigenvalue weighted by Gasteiger charge is -2.32. The molecule has 5 rings (SSSR count). The third-order valence-electron chi connectivity index (χ3n) is 7.10. The summed E-state index contributed by atoms with van der Waals surface area (Å²) in [5.41, 5.74) is 1.41. The number of aromatic nitrogens is 3. The van der Waals surface area contributed by atoms with E-state index in [1.165, 1.54) is 14.6 Å². The first-order chi connectivity index (χ1) is 16.8. The van der Waals surface area contributed by atoms with Gasteiger partial charge in [0.05, 0.1) is 21.8 Å². The van der Waals surface area contributed by atoms with Gasteiger partial charge in [-0.1, -0.05) is 17.7 Å². The quantitative estimate of drug-likeness (QED) is 0.396. The fourth-order valence-electron chi connectivity index (χ4n) is 4.16. The average Bonchev–Trinajstić information content (AvgIpc) is 3.29. The molecule has 0 spiro atoms. The maximum Gasteiger partial charge on any atom is 0.496 e. The smallest absolute Gasteiger partial charge is 0.399 e. The van der Waals surface area contributed by atoms with Crippen molar-refractivity contribution in [1.82, 2.24) is 13.5 Å². The summed E-state index contributed by atoms with van der Waals surface area (Å²) in [6.45, 7) is 9.77. The molecule has 3 aromatic heterocycles. The molecule has 4 aromatic rings. The summed E-state index contributed by atoms with van der Waals surface area (Å²) in [7, 11) is -3.03. The van der Waals surface area contributed by atoms with Gasteiger partial charge in [-0.15, -0.1) is 0 Å². The Balaban J connectivity index is 1.72. The summed E-state index contributed by atoms with van der Waals surface area (Å²) in [5.74, 6) is 0. The number of hydrogen-bond donors (Lipinski definition) is 0. The Morgan fingerprint density at radius 3 is 2.19 bits per heavy atom. The third-order valence-corrected chi connectivity index (χ3v) is 8.82. The highest BCUT2D eigenvalue weighted by molar-refractivity contribution is 7.90. The van der Waals surface area contributed by atoms with Crippen molar-refractivity contribution in [3.63, 3.8) is 0 Å². The molecule has 186 valence electrons. The molecule has 1 saturated heterocycles. The van der Waals surface area contributed by atoms with E-state index >= 15 is 0 Å². The molecule has 1 fully saturated rings.